The van der Waals surface area contributed by atoms with Crippen LogP contribution in [0.4, 0.5) is 0 Å². The summed E-state index contributed by atoms with van der Waals surface area (Å²) in [6.45, 7) is 7.29. The Morgan fingerprint density at radius 3 is 3.00 bits per heavy atom. The SMILES string of the molecule is Cc1noc2c(CN3CCNCC3)cccc12. The van der Waals surface area contributed by atoms with Crippen LogP contribution in [-0.2, 0) is 6.54 Å². The highest BCUT2D eigenvalue weighted by molar-refractivity contribution is 5.82. The second-order valence-electron chi connectivity index (χ2n) is 4.59. The van der Waals surface area contributed by atoms with Crippen molar-refractivity contribution >= 4 is 11.0 Å². The molecule has 0 atom stereocenters. The molecule has 1 fully saturated rings. The third-order valence-electron chi connectivity index (χ3n) is 3.36. The van der Waals surface area contributed by atoms with E-state index in [2.05, 4.69) is 33.6 Å². The number of aromatic nitrogens is 1. The minimum absolute atomic E-state index is 0.948. The van der Waals surface area contributed by atoms with Crippen LogP contribution in [0.5, 0.6) is 0 Å². The average Bonchev–Trinajstić information content (AvgIpc) is 2.74. The number of benzene rings is 1. The lowest BCUT2D eigenvalue weighted by atomic mass is 10.1. The Balaban J connectivity index is 1.89. The summed E-state index contributed by atoms with van der Waals surface area (Å²) in [6.07, 6.45) is 0. The summed E-state index contributed by atoms with van der Waals surface area (Å²) in [4.78, 5) is 2.45. The molecular weight excluding hydrogens is 214 g/mol. The molecular formula is C13H17N3O. The van der Waals surface area contributed by atoms with Gasteiger partial charge in [-0.25, -0.2) is 0 Å². The molecule has 0 bridgehead atoms. The first-order chi connectivity index (χ1) is 8.34. The summed E-state index contributed by atoms with van der Waals surface area (Å²) in [6, 6.07) is 6.29. The molecule has 1 saturated heterocycles. The summed E-state index contributed by atoms with van der Waals surface area (Å²) >= 11 is 0. The van der Waals surface area contributed by atoms with E-state index >= 15 is 0 Å². The van der Waals surface area contributed by atoms with Crippen molar-refractivity contribution in [1.82, 2.24) is 15.4 Å². The van der Waals surface area contributed by atoms with Crippen LogP contribution >= 0.6 is 0 Å². The zero-order valence-electron chi connectivity index (χ0n) is 10.1. The van der Waals surface area contributed by atoms with E-state index in [1.54, 1.807) is 0 Å². The third-order valence-corrected chi connectivity index (χ3v) is 3.36. The molecule has 4 nitrogen and oxygen atoms in total. The van der Waals surface area contributed by atoms with Crippen LogP contribution in [-0.4, -0.2) is 36.2 Å². The van der Waals surface area contributed by atoms with Crippen LogP contribution < -0.4 is 5.32 Å². The highest BCUT2D eigenvalue weighted by Gasteiger charge is 2.14. The van der Waals surface area contributed by atoms with E-state index in [0.717, 1.165) is 49.4 Å². The van der Waals surface area contributed by atoms with Crippen LogP contribution in [0.15, 0.2) is 22.7 Å². The van der Waals surface area contributed by atoms with Crippen LogP contribution in [0, 0.1) is 6.92 Å². The maximum Gasteiger partial charge on any atom is 0.171 e. The first-order valence-electron chi connectivity index (χ1n) is 6.11. The minimum atomic E-state index is 0.948. The molecule has 0 aliphatic carbocycles. The molecule has 0 amide bonds. The normalized spacial score (nSPS) is 17.7. The zero-order valence-corrected chi connectivity index (χ0v) is 10.1. The summed E-state index contributed by atoms with van der Waals surface area (Å²) < 4.78 is 5.43. The lowest BCUT2D eigenvalue weighted by Crippen LogP contribution is -2.42. The maximum absolute atomic E-state index is 5.43. The van der Waals surface area contributed by atoms with E-state index in [-0.39, 0.29) is 0 Å². The lowest BCUT2D eigenvalue weighted by molar-refractivity contribution is 0.233. The Bertz CT molecular complexity index is 514. The molecule has 1 aliphatic rings. The van der Waals surface area contributed by atoms with Gasteiger partial charge in [0.05, 0.1) is 5.69 Å². The van der Waals surface area contributed by atoms with Gasteiger partial charge in [-0.05, 0) is 13.0 Å². The van der Waals surface area contributed by atoms with E-state index in [0.29, 0.717) is 0 Å². The predicted octanol–water partition coefficient (Wildman–Crippen LogP) is 1.54. The molecule has 2 aromatic rings. The topological polar surface area (TPSA) is 41.3 Å². The number of para-hydroxylation sites is 1. The van der Waals surface area contributed by atoms with Crippen molar-refractivity contribution in [3.63, 3.8) is 0 Å². The van der Waals surface area contributed by atoms with E-state index < -0.39 is 0 Å². The van der Waals surface area contributed by atoms with Crippen LogP contribution in [0.25, 0.3) is 11.0 Å². The van der Waals surface area contributed by atoms with Gasteiger partial charge in [-0.15, -0.1) is 0 Å². The van der Waals surface area contributed by atoms with E-state index in [9.17, 15) is 0 Å². The summed E-state index contributed by atoms with van der Waals surface area (Å²) in [5.41, 5.74) is 3.16. The molecule has 3 rings (SSSR count). The molecule has 0 radical (unpaired) electrons. The van der Waals surface area contributed by atoms with Crippen molar-refractivity contribution in [3.8, 4) is 0 Å². The van der Waals surface area contributed by atoms with Gasteiger partial charge in [-0.2, -0.15) is 0 Å². The van der Waals surface area contributed by atoms with E-state index in [4.69, 9.17) is 4.52 Å². The molecule has 1 N–H and O–H groups in total. The lowest BCUT2D eigenvalue weighted by Gasteiger charge is -2.27. The molecule has 4 heteroatoms. The molecule has 0 spiro atoms. The van der Waals surface area contributed by atoms with Gasteiger partial charge < -0.3 is 9.84 Å². The number of fused-ring (bicyclic) bond motifs is 1. The fraction of sp³-hybridized carbons (Fsp3) is 0.462. The maximum atomic E-state index is 5.43. The highest BCUT2D eigenvalue weighted by atomic mass is 16.5. The largest absolute Gasteiger partial charge is 0.356 e. The summed E-state index contributed by atoms with van der Waals surface area (Å²) in [5.74, 6) is 0. The number of aryl methyl sites for hydroxylation is 1. The highest BCUT2D eigenvalue weighted by Crippen LogP contribution is 2.22. The Hall–Kier alpha value is -1.39. The Kier molecular flexibility index (Phi) is 2.82. The quantitative estimate of drug-likeness (QED) is 0.851. The van der Waals surface area contributed by atoms with Gasteiger partial charge in [-0.1, -0.05) is 17.3 Å². The van der Waals surface area contributed by atoms with Crippen molar-refractivity contribution in [1.29, 1.82) is 0 Å². The second kappa shape index (κ2) is 4.47. The number of hydrogen-bond donors (Lipinski definition) is 1. The number of piperazine rings is 1. The van der Waals surface area contributed by atoms with Crippen LogP contribution in [0.2, 0.25) is 0 Å². The number of nitrogens with one attached hydrogen (secondary N) is 1. The Morgan fingerprint density at radius 1 is 1.35 bits per heavy atom. The smallest absolute Gasteiger partial charge is 0.171 e. The fourth-order valence-electron chi connectivity index (χ4n) is 2.38. The first-order valence-corrected chi connectivity index (χ1v) is 6.11. The number of rotatable bonds is 2. The third kappa shape index (κ3) is 2.06. The molecule has 17 heavy (non-hydrogen) atoms. The van der Waals surface area contributed by atoms with Crippen molar-refractivity contribution in [2.75, 3.05) is 26.2 Å². The zero-order chi connectivity index (χ0) is 11.7. The molecule has 0 unspecified atom stereocenters. The van der Waals surface area contributed by atoms with Crippen molar-refractivity contribution in [2.24, 2.45) is 0 Å². The van der Waals surface area contributed by atoms with Crippen molar-refractivity contribution < 1.29 is 4.52 Å². The second-order valence-corrected chi connectivity index (χ2v) is 4.59. The summed E-state index contributed by atoms with van der Waals surface area (Å²) in [5, 5.41) is 8.54. The molecule has 1 aromatic heterocycles. The van der Waals surface area contributed by atoms with Gasteiger partial charge in [0.15, 0.2) is 5.58 Å². The minimum Gasteiger partial charge on any atom is -0.356 e. The van der Waals surface area contributed by atoms with Crippen molar-refractivity contribution in [3.05, 3.63) is 29.5 Å². The van der Waals surface area contributed by atoms with E-state index in [1.165, 1.54) is 5.56 Å². The Morgan fingerprint density at radius 2 is 2.18 bits per heavy atom. The molecule has 1 aliphatic heterocycles. The van der Waals surface area contributed by atoms with Gasteiger partial charge in [0.25, 0.3) is 0 Å². The molecule has 1 aromatic carbocycles. The van der Waals surface area contributed by atoms with Gasteiger partial charge in [0, 0.05) is 43.7 Å². The van der Waals surface area contributed by atoms with Gasteiger partial charge in [0.2, 0.25) is 0 Å². The number of nitrogens with zero attached hydrogens (tertiary/aromatic N) is 2. The van der Waals surface area contributed by atoms with Gasteiger partial charge in [-0.3, -0.25) is 4.90 Å². The van der Waals surface area contributed by atoms with Crippen LogP contribution in [0.3, 0.4) is 0 Å². The molecule has 0 saturated carbocycles. The fourth-order valence-corrected chi connectivity index (χ4v) is 2.38. The van der Waals surface area contributed by atoms with Crippen molar-refractivity contribution in [2.45, 2.75) is 13.5 Å². The van der Waals surface area contributed by atoms with Gasteiger partial charge in [0.1, 0.15) is 0 Å². The molecule has 90 valence electrons. The number of hydrogen-bond acceptors (Lipinski definition) is 4. The standard InChI is InChI=1S/C13H17N3O/c1-10-12-4-2-3-11(13(12)17-15-10)9-16-7-5-14-6-8-16/h2-4,14H,5-9H2,1H3. The van der Waals surface area contributed by atoms with Crippen LogP contribution in [0.1, 0.15) is 11.3 Å². The Labute approximate surface area is 101 Å². The monoisotopic (exact) mass is 231 g/mol. The van der Waals surface area contributed by atoms with E-state index in [1.807, 2.05) is 6.92 Å². The van der Waals surface area contributed by atoms with Gasteiger partial charge >= 0.3 is 0 Å². The molecule has 2 heterocycles. The first kappa shape index (κ1) is 10.7. The predicted molar refractivity (Wildman–Crippen MR) is 66.9 cm³/mol. The average molecular weight is 231 g/mol. The summed E-state index contributed by atoms with van der Waals surface area (Å²) in [7, 11) is 0.